The van der Waals surface area contributed by atoms with Crippen LogP contribution in [0.5, 0.6) is 11.5 Å². The standard InChI is InChI=1S/C9H10FNO3.C9H12FNO/c1-2-6-14-8-5-3-4-7(10)9(8)11(12)13;1-2-6-12-8-5-3-4-7(10)9(8)11/h3-5H,2,6H2,1H3;3-5H,2,6,11H2,1H3. The van der Waals surface area contributed by atoms with E-state index in [0.717, 1.165) is 12.5 Å². The van der Waals surface area contributed by atoms with Crippen LogP contribution in [0.3, 0.4) is 0 Å². The second-order valence-electron chi connectivity index (χ2n) is 5.19. The molecule has 6 nitrogen and oxygen atoms in total. The van der Waals surface area contributed by atoms with Crippen LogP contribution in [0.1, 0.15) is 26.7 Å². The third-order valence-electron chi connectivity index (χ3n) is 3.07. The highest BCUT2D eigenvalue weighted by Gasteiger charge is 2.20. The summed E-state index contributed by atoms with van der Waals surface area (Å²) in [5, 5.41) is 10.5. The van der Waals surface area contributed by atoms with Crippen LogP contribution < -0.4 is 15.2 Å². The quantitative estimate of drug-likeness (QED) is 0.434. The molecule has 0 saturated carbocycles. The Kier molecular flexibility index (Phi) is 8.83. The second kappa shape index (κ2) is 10.9. The Morgan fingerprint density at radius 2 is 1.46 bits per heavy atom. The number of rotatable bonds is 7. The van der Waals surface area contributed by atoms with E-state index in [4.69, 9.17) is 15.2 Å². The number of nitrogens with zero attached hydrogens (tertiary/aromatic N) is 1. The highest BCUT2D eigenvalue weighted by atomic mass is 19.1. The van der Waals surface area contributed by atoms with Gasteiger partial charge in [-0.05, 0) is 37.1 Å². The Balaban J connectivity index is 0.000000263. The largest absolute Gasteiger partial charge is 0.491 e. The lowest BCUT2D eigenvalue weighted by molar-refractivity contribution is -0.388. The molecule has 0 fully saturated rings. The number of nitrogen functional groups attached to an aromatic ring is 1. The van der Waals surface area contributed by atoms with E-state index in [1.54, 1.807) is 12.1 Å². The molecule has 2 rings (SSSR count). The van der Waals surface area contributed by atoms with Crippen molar-refractivity contribution in [2.45, 2.75) is 26.7 Å². The summed E-state index contributed by atoms with van der Waals surface area (Å²) in [6.45, 7) is 4.75. The zero-order valence-corrected chi connectivity index (χ0v) is 14.7. The van der Waals surface area contributed by atoms with Gasteiger partial charge in [0.25, 0.3) is 0 Å². The van der Waals surface area contributed by atoms with Crippen LogP contribution >= 0.6 is 0 Å². The normalized spacial score (nSPS) is 9.85. The highest BCUT2D eigenvalue weighted by Crippen LogP contribution is 2.29. The van der Waals surface area contributed by atoms with Crippen LogP contribution in [-0.2, 0) is 0 Å². The average Bonchev–Trinajstić information content (AvgIpc) is 2.61. The number of benzene rings is 2. The number of anilines is 1. The molecular formula is C18H22F2N2O4. The molecule has 0 aliphatic rings. The molecule has 26 heavy (non-hydrogen) atoms. The van der Waals surface area contributed by atoms with Gasteiger partial charge in [0.05, 0.1) is 18.1 Å². The van der Waals surface area contributed by atoms with Gasteiger partial charge in [0.15, 0.2) is 5.75 Å². The van der Waals surface area contributed by atoms with Gasteiger partial charge >= 0.3 is 5.69 Å². The number of halogens is 2. The van der Waals surface area contributed by atoms with E-state index >= 15 is 0 Å². The lowest BCUT2D eigenvalue weighted by Crippen LogP contribution is -2.01. The van der Waals surface area contributed by atoms with Gasteiger partial charge in [-0.3, -0.25) is 10.1 Å². The predicted octanol–water partition coefficient (Wildman–Crippen LogP) is 4.72. The molecule has 0 aliphatic heterocycles. The first-order valence-corrected chi connectivity index (χ1v) is 8.14. The van der Waals surface area contributed by atoms with Crippen LogP contribution in [0, 0.1) is 21.7 Å². The van der Waals surface area contributed by atoms with Gasteiger partial charge < -0.3 is 15.2 Å². The summed E-state index contributed by atoms with van der Waals surface area (Å²) >= 11 is 0. The topological polar surface area (TPSA) is 87.6 Å². The van der Waals surface area contributed by atoms with Crippen molar-refractivity contribution in [3.8, 4) is 11.5 Å². The minimum atomic E-state index is -0.872. The number of hydrogen-bond donors (Lipinski definition) is 1. The van der Waals surface area contributed by atoms with Crippen LogP contribution in [0.25, 0.3) is 0 Å². The van der Waals surface area contributed by atoms with Crippen molar-refractivity contribution in [1.29, 1.82) is 0 Å². The number of nitrogens with two attached hydrogens (primary N) is 1. The summed E-state index contributed by atoms with van der Waals surface area (Å²) in [7, 11) is 0. The van der Waals surface area contributed by atoms with E-state index in [9.17, 15) is 18.9 Å². The molecule has 0 heterocycles. The third-order valence-corrected chi connectivity index (χ3v) is 3.07. The molecule has 0 radical (unpaired) electrons. The van der Waals surface area contributed by atoms with Crippen LogP contribution in [0.2, 0.25) is 0 Å². The number of hydrogen-bond acceptors (Lipinski definition) is 5. The zero-order chi connectivity index (χ0) is 19.5. The molecule has 0 bridgehead atoms. The number of para-hydroxylation sites is 2. The van der Waals surface area contributed by atoms with Crippen LogP contribution in [0.4, 0.5) is 20.2 Å². The Labute approximate surface area is 150 Å². The monoisotopic (exact) mass is 368 g/mol. The van der Waals surface area contributed by atoms with Crippen molar-refractivity contribution in [3.05, 3.63) is 58.1 Å². The summed E-state index contributed by atoms with van der Waals surface area (Å²) in [6, 6.07) is 8.36. The van der Waals surface area contributed by atoms with Gasteiger partial charge in [0, 0.05) is 0 Å². The van der Waals surface area contributed by atoms with E-state index in [-0.39, 0.29) is 11.4 Å². The fraction of sp³-hybridized carbons (Fsp3) is 0.333. The fourth-order valence-electron chi connectivity index (χ4n) is 1.86. The first-order valence-electron chi connectivity index (χ1n) is 8.14. The molecule has 0 atom stereocenters. The molecule has 0 spiro atoms. The molecule has 0 aliphatic carbocycles. The van der Waals surface area contributed by atoms with Gasteiger partial charge in [0.1, 0.15) is 17.3 Å². The van der Waals surface area contributed by atoms with E-state index in [2.05, 4.69) is 0 Å². The second-order valence-corrected chi connectivity index (χ2v) is 5.19. The molecule has 0 unspecified atom stereocenters. The summed E-state index contributed by atoms with van der Waals surface area (Å²) in [4.78, 5) is 9.71. The fourth-order valence-corrected chi connectivity index (χ4v) is 1.86. The van der Waals surface area contributed by atoms with E-state index < -0.39 is 22.2 Å². The van der Waals surface area contributed by atoms with Crippen molar-refractivity contribution in [3.63, 3.8) is 0 Å². The van der Waals surface area contributed by atoms with E-state index in [1.165, 1.54) is 18.2 Å². The molecular weight excluding hydrogens is 346 g/mol. The molecule has 0 saturated heterocycles. The smallest absolute Gasteiger partial charge is 0.346 e. The molecule has 2 N–H and O–H groups in total. The third kappa shape index (κ3) is 6.19. The molecule has 142 valence electrons. The molecule has 2 aromatic carbocycles. The maximum absolute atomic E-state index is 13.0. The first kappa shape index (κ1) is 21.1. The Morgan fingerprint density at radius 3 is 2.00 bits per heavy atom. The van der Waals surface area contributed by atoms with Crippen molar-refractivity contribution < 1.29 is 23.2 Å². The Hall–Kier alpha value is -2.90. The maximum Gasteiger partial charge on any atom is 0.346 e. The number of ether oxygens (including phenoxy) is 2. The molecule has 8 heteroatoms. The van der Waals surface area contributed by atoms with Crippen molar-refractivity contribution >= 4 is 11.4 Å². The van der Waals surface area contributed by atoms with Crippen LogP contribution in [-0.4, -0.2) is 18.1 Å². The first-order chi connectivity index (χ1) is 12.4. The van der Waals surface area contributed by atoms with Gasteiger partial charge in [0.2, 0.25) is 5.82 Å². The van der Waals surface area contributed by atoms with Crippen LogP contribution in [0.15, 0.2) is 36.4 Å². The number of nitro benzene ring substituents is 1. The van der Waals surface area contributed by atoms with Crippen molar-refractivity contribution in [2.24, 2.45) is 0 Å². The molecule has 0 amide bonds. The minimum Gasteiger partial charge on any atom is -0.491 e. The summed E-state index contributed by atoms with van der Waals surface area (Å²) in [5.41, 5.74) is 4.92. The zero-order valence-electron chi connectivity index (χ0n) is 14.7. The summed E-state index contributed by atoms with van der Waals surface area (Å²) < 4.78 is 36.1. The molecule has 2 aromatic rings. The van der Waals surface area contributed by atoms with E-state index in [0.29, 0.717) is 25.4 Å². The highest BCUT2D eigenvalue weighted by molar-refractivity contribution is 5.53. The Morgan fingerprint density at radius 1 is 0.962 bits per heavy atom. The lowest BCUT2D eigenvalue weighted by Gasteiger charge is -2.07. The van der Waals surface area contributed by atoms with Gasteiger partial charge in [-0.25, -0.2) is 4.39 Å². The van der Waals surface area contributed by atoms with Gasteiger partial charge in [-0.2, -0.15) is 4.39 Å². The molecule has 0 aromatic heterocycles. The summed E-state index contributed by atoms with van der Waals surface area (Å²) in [5.74, 6) is -0.888. The Bertz CT molecular complexity index is 726. The van der Waals surface area contributed by atoms with Gasteiger partial charge in [-0.1, -0.05) is 26.0 Å². The predicted molar refractivity (Wildman–Crippen MR) is 95.4 cm³/mol. The SMILES string of the molecule is CCCOc1cccc(F)c1N.CCCOc1cccc(F)c1[N+](=O)[O-]. The average molecular weight is 368 g/mol. The van der Waals surface area contributed by atoms with Crippen molar-refractivity contribution in [1.82, 2.24) is 0 Å². The maximum atomic E-state index is 13.0. The summed E-state index contributed by atoms with van der Waals surface area (Å²) in [6.07, 6.45) is 1.60. The lowest BCUT2D eigenvalue weighted by atomic mass is 10.3. The van der Waals surface area contributed by atoms with E-state index in [1.807, 2.05) is 13.8 Å². The van der Waals surface area contributed by atoms with Crippen molar-refractivity contribution in [2.75, 3.05) is 18.9 Å². The van der Waals surface area contributed by atoms with Gasteiger partial charge in [-0.15, -0.1) is 0 Å². The number of nitro groups is 1. The minimum absolute atomic E-state index is 0.0168.